The molecule has 2 N–H and O–H groups in total. The molecule has 0 aliphatic carbocycles. The summed E-state index contributed by atoms with van der Waals surface area (Å²) in [4.78, 5) is 32.6. The molecule has 3 rings (SSSR count). The summed E-state index contributed by atoms with van der Waals surface area (Å²) >= 11 is 0. The lowest BCUT2D eigenvalue weighted by Gasteiger charge is -2.10. The third-order valence-corrected chi connectivity index (χ3v) is 4.13. The number of ether oxygens (including phenoxy) is 2. The van der Waals surface area contributed by atoms with E-state index in [0.29, 0.717) is 28.2 Å². The number of fused-ring (bicyclic) bond motifs is 1. The Hall–Kier alpha value is -3.20. The zero-order valence-electron chi connectivity index (χ0n) is 14.7. The molecule has 26 heavy (non-hydrogen) atoms. The Morgan fingerprint density at radius 1 is 1.27 bits per heavy atom. The van der Waals surface area contributed by atoms with Crippen LogP contribution in [0.5, 0.6) is 5.88 Å². The summed E-state index contributed by atoms with van der Waals surface area (Å²) in [7, 11) is 4.55. The van der Waals surface area contributed by atoms with Gasteiger partial charge in [-0.1, -0.05) is 0 Å². The van der Waals surface area contributed by atoms with Crippen LogP contribution in [0.3, 0.4) is 0 Å². The first-order valence-corrected chi connectivity index (χ1v) is 7.86. The van der Waals surface area contributed by atoms with Crippen molar-refractivity contribution in [2.24, 2.45) is 12.8 Å². The molecule has 3 heterocycles. The number of hydrogen-bond acceptors (Lipinski definition) is 7. The third-order valence-electron chi connectivity index (χ3n) is 4.13. The lowest BCUT2D eigenvalue weighted by molar-refractivity contribution is -0.142. The normalized spacial score (nSPS) is 12.2. The Kier molecular flexibility index (Phi) is 4.72. The van der Waals surface area contributed by atoms with Gasteiger partial charge in [0.1, 0.15) is 6.04 Å². The second kappa shape index (κ2) is 6.96. The van der Waals surface area contributed by atoms with Gasteiger partial charge in [-0.3, -0.25) is 19.3 Å². The quantitative estimate of drug-likeness (QED) is 0.647. The fraction of sp³-hybridized carbons (Fsp3) is 0.294. The summed E-state index contributed by atoms with van der Waals surface area (Å²) in [6.45, 7) is 0. The number of nitrogens with zero attached hydrogens (tertiary/aromatic N) is 4. The molecule has 0 amide bonds. The van der Waals surface area contributed by atoms with Gasteiger partial charge in [0.15, 0.2) is 0 Å². The minimum Gasteiger partial charge on any atom is -0.481 e. The van der Waals surface area contributed by atoms with Crippen LogP contribution in [-0.4, -0.2) is 45.6 Å². The molecule has 3 aromatic rings. The average molecular weight is 357 g/mol. The topological polar surface area (TPSA) is 114 Å². The summed E-state index contributed by atoms with van der Waals surface area (Å²) < 4.78 is 12.9. The van der Waals surface area contributed by atoms with E-state index in [4.69, 9.17) is 10.5 Å². The summed E-state index contributed by atoms with van der Waals surface area (Å²) in [6.07, 6.45) is 3.39. The summed E-state index contributed by atoms with van der Waals surface area (Å²) in [5, 5.41) is 0.496. The van der Waals surface area contributed by atoms with E-state index in [2.05, 4.69) is 14.7 Å². The molecule has 0 aliphatic rings. The van der Waals surface area contributed by atoms with Crippen LogP contribution in [0.4, 0.5) is 0 Å². The Morgan fingerprint density at radius 2 is 2.04 bits per heavy atom. The average Bonchev–Trinajstić information content (AvgIpc) is 2.91. The van der Waals surface area contributed by atoms with Crippen molar-refractivity contribution < 1.29 is 14.3 Å². The number of carbonyl (C=O) groups excluding carboxylic acids is 1. The molecule has 0 unspecified atom stereocenters. The molecule has 0 saturated carbocycles. The standard InChI is InChI=1S/C17H19N5O4/c1-21-14-9-20-15(25-2)7-12(14)16(23)22(21)11-5-4-10(19-8-11)6-13(18)17(24)26-3/h4-5,7-9,13H,6,18H2,1-3H3/t13-/m0/s1. The Balaban J connectivity index is 1.97. The number of aryl methyl sites for hydroxylation is 1. The predicted octanol–water partition coefficient (Wildman–Crippen LogP) is 0.171. The van der Waals surface area contributed by atoms with Gasteiger partial charge in [-0.25, -0.2) is 9.67 Å². The smallest absolute Gasteiger partial charge is 0.323 e. The second-order valence-electron chi connectivity index (χ2n) is 5.73. The minimum absolute atomic E-state index is 0.205. The second-order valence-corrected chi connectivity index (χ2v) is 5.73. The van der Waals surface area contributed by atoms with Crippen molar-refractivity contribution in [1.82, 2.24) is 19.3 Å². The summed E-state index contributed by atoms with van der Waals surface area (Å²) in [6, 6.07) is 4.29. The number of hydrogen-bond donors (Lipinski definition) is 1. The highest BCUT2D eigenvalue weighted by Crippen LogP contribution is 2.17. The molecular formula is C17H19N5O4. The van der Waals surface area contributed by atoms with E-state index in [9.17, 15) is 9.59 Å². The number of carbonyl (C=O) groups is 1. The van der Waals surface area contributed by atoms with E-state index in [0.717, 1.165) is 0 Å². The molecule has 9 nitrogen and oxygen atoms in total. The van der Waals surface area contributed by atoms with Gasteiger partial charge < -0.3 is 15.2 Å². The van der Waals surface area contributed by atoms with Crippen LogP contribution in [0.1, 0.15) is 5.69 Å². The first-order chi connectivity index (χ1) is 12.5. The fourth-order valence-corrected chi connectivity index (χ4v) is 2.74. The van der Waals surface area contributed by atoms with Crippen LogP contribution in [0.15, 0.2) is 35.4 Å². The van der Waals surface area contributed by atoms with Crippen molar-refractivity contribution in [3.05, 3.63) is 46.6 Å². The largest absolute Gasteiger partial charge is 0.481 e. The zero-order chi connectivity index (χ0) is 18.8. The molecule has 0 saturated heterocycles. The van der Waals surface area contributed by atoms with Crippen LogP contribution in [0.2, 0.25) is 0 Å². The van der Waals surface area contributed by atoms with E-state index in [1.54, 1.807) is 42.3 Å². The molecule has 0 bridgehead atoms. The molecule has 0 aromatic carbocycles. The van der Waals surface area contributed by atoms with Gasteiger partial charge in [0.25, 0.3) is 5.56 Å². The maximum atomic E-state index is 12.8. The molecule has 0 fully saturated rings. The highest BCUT2D eigenvalue weighted by Gasteiger charge is 2.17. The van der Waals surface area contributed by atoms with Crippen LogP contribution < -0.4 is 16.0 Å². The lowest BCUT2D eigenvalue weighted by Crippen LogP contribution is -2.33. The van der Waals surface area contributed by atoms with Gasteiger partial charge in [0.2, 0.25) is 5.88 Å². The van der Waals surface area contributed by atoms with E-state index in [-0.39, 0.29) is 12.0 Å². The lowest BCUT2D eigenvalue weighted by atomic mass is 10.1. The number of methoxy groups -OCH3 is 2. The van der Waals surface area contributed by atoms with E-state index in [1.165, 1.54) is 18.9 Å². The molecule has 9 heteroatoms. The fourth-order valence-electron chi connectivity index (χ4n) is 2.74. The predicted molar refractivity (Wildman–Crippen MR) is 94.4 cm³/mol. The van der Waals surface area contributed by atoms with Gasteiger partial charge in [0, 0.05) is 25.2 Å². The third kappa shape index (κ3) is 3.04. The maximum absolute atomic E-state index is 12.8. The monoisotopic (exact) mass is 357 g/mol. The Bertz CT molecular complexity index is 1010. The van der Waals surface area contributed by atoms with Crippen LogP contribution in [-0.2, 0) is 23.0 Å². The van der Waals surface area contributed by atoms with Crippen molar-refractivity contribution in [3.63, 3.8) is 0 Å². The highest BCUT2D eigenvalue weighted by molar-refractivity contribution is 5.79. The molecule has 136 valence electrons. The van der Waals surface area contributed by atoms with Gasteiger partial charge in [0.05, 0.1) is 43.2 Å². The van der Waals surface area contributed by atoms with Crippen LogP contribution in [0, 0.1) is 0 Å². The molecule has 0 aliphatic heterocycles. The summed E-state index contributed by atoms with van der Waals surface area (Å²) in [5.74, 6) is -0.125. The van der Waals surface area contributed by atoms with Gasteiger partial charge in [-0.15, -0.1) is 0 Å². The van der Waals surface area contributed by atoms with Crippen molar-refractivity contribution in [2.45, 2.75) is 12.5 Å². The highest BCUT2D eigenvalue weighted by atomic mass is 16.5. The molecule has 0 radical (unpaired) electrons. The van der Waals surface area contributed by atoms with Gasteiger partial charge in [-0.05, 0) is 12.1 Å². The van der Waals surface area contributed by atoms with E-state index in [1.807, 2.05) is 0 Å². The first kappa shape index (κ1) is 17.6. The minimum atomic E-state index is -0.780. The maximum Gasteiger partial charge on any atom is 0.323 e. The van der Waals surface area contributed by atoms with Crippen molar-refractivity contribution in [2.75, 3.05) is 14.2 Å². The van der Waals surface area contributed by atoms with E-state index < -0.39 is 12.0 Å². The number of pyridine rings is 2. The van der Waals surface area contributed by atoms with Gasteiger partial charge in [-0.2, -0.15) is 0 Å². The first-order valence-electron chi connectivity index (χ1n) is 7.86. The Morgan fingerprint density at radius 3 is 2.65 bits per heavy atom. The number of esters is 1. The molecular weight excluding hydrogens is 338 g/mol. The van der Waals surface area contributed by atoms with Crippen LogP contribution >= 0.6 is 0 Å². The molecule has 3 aromatic heterocycles. The van der Waals surface area contributed by atoms with E-state index >= 15 is 0 Å². The Labute approximate surface area is 149 Å². The SMILES string of the molecule is COC(=O)[C@@H](N)Cc1ccc(-n2c(=O)c3cc(OC)ncc3n2C)cn1. The van der Waals surface area contributed by atoms with Crippen molar-refractivity contribution >= 4 is 16.9 Å². The number of aromatic nitrogens is 4. The molecule has 0 spiro atoms. The van der Waals surface area contributed by atoms with Crippen molar-refractivity contribution in [1.29, 1.82) is 0 Å². The van der Waals surface area contributed by atoms with Crippen molar-refractivity contribution in [3.8, 4) is 11.6 Å². The molecule has 1 atom stereocenters. The number of rotatable bonds is 5. The van der Waals surface area contributed by atoms with Crippen LogP contribution in [0.25, 0.3) is 16.6 Å². The van der Waals surface area contributed by atoms with Gasteiger partial charge >= 0.3 is 5.97 Å². The summed E-state index contributed by atoms with van der Waals surface area (Å²) in [5.41, 5.74) is 7.42. The zero-order valence-corrected chi connectivity index (χ0v) is 14.7. The number of nitrogens with two attached hydrogens (primary N) is 1.